The van der Waals surface area contributed by atoms with Crippen molar-refractivity contribution in [2.75, 3.05) is 78.9 Å². The van der Waals surface area contributed by atoms with Crippen LogP contribution in [-0.4, -0.2) is 99.9 Å². The van der Waals surface area contributed by atoms with E-state index >= 15 is 0 Å². The molecule has 0 aromatic heterocycles. The van der Waals surface area contributed by atoms with Gasteiger partial charge in [0.1, 0.15) is 0 Å². The second-order valence-electron chi connectivity index (χ2n) is 8.69. The summed E-state index contributed by atoms with van der Waals surface area (Å²) in [6.45, 7) is 10.8. The van der Waals surface area contributed by atoms with E-state index in [1.165, 1.54) is 0 Å². The van der Waals surface area contributed by atoms with E-state index in [0.717, 1.165) is 117 Å². The van der Waals surface area contributed by atoms with Crippen molar-refractivity contribution in [2.24, 2.45) is 0 Å². The van der Waals surface area contributed by atoms with Crippen LogP contribution in [0.5, 0.6) is 0 Å². The highest BCUT2D eigenvalue weighted by molar-refractivity contribution is 5.04. The molecule has 0 bridgehead atoms. The van der Waals surface area contributed by atoms with Gasteiger partial charge in [-0.05, 0) is 38.5 Å². The third-order valence-corrected chi connectivity index (χ3v) is 6.94. The molecule has 4 heterocycles. The van der Waals surface area contributed by atoms with Crippen molar-refractivity contribution in [2.45, 2.75) is 49.7 Å². The van der Waals surface area contributed by atoms with Crippen LogP contribution in [0.4, 0.5) is 0 Å². The number of hydrogen-bond acceptors (Lipinski definition) is 6. The standard InChI is InChI=1S/C22H36N2O4/c1(9-23-11-3-21(27-19-13-23)5-15-25-16-6-21)2-10-24-12-4-22(28-20-14-24)7-17-26-18-8-22/h3-20H2. The molecular weight excluding hydrogens is 356 g/mol. The summed E-state index contributed by atoms with van der Waals surface area (Å²) in [6.07, 6.45) is 6.36. The van der Waals surface area contributed by atoms with Gasteiger partial charge in [-0.25, -0.2) is 0 Å². The third-order valence-electron chi connectivity index (χ3n) is 6.94. The van der Waals surface area contributed by atoms with Crippen LogP contribution in [0, 0.1) is 11.8 Å². The van der Waals surface area contributed by atoms with E-state index in [4.69, 9.17) is 18.9 Å². The van der Waals surface area contributed by atoms with E-state index in [0.29, 0.717) is 0 Å². The van der Waals surface area contributed by atoms with Gasteiger partial charge in [-0.15, -0.1) is 0 Å². The van der Waals surface area contributed by atoms with E-state index < -0.39 is 0 Å². The van der Waals surface area contributed by atoms with Crippen molar-refractivity contribution < 1.29 is 18.9 Å². The zero-order valence-electron chi connectivity index (χ0n) is 17.3. The lowest BCUT2D eigenvalue weighted by Gasteiger charge is -2.35. The Morgan fingerprint density at radius 1 is 0.536 bits per heavy atom. The number of nitrogens with zero attached hydrogens (tertiary/aromatic N) is 2. The Bertz CT molecular complexity index is 500. The molecule has 4 aliphatic rings. The molecule has 4 fully saturated rings. The molecular formula is C22H36N2O4. The van der Waals surface area contributed by atoms with Gasteiger partial charge in [0.25, 0.3) is 0 Å². The Hall–Kier alpha value is -0.680. The maximum atomic E-state index is 6.23. The molecule has 0 unspecified atom stereocenters. The number of hydrogen-bond donors (Lipinski definition) is 0. The van der Waals surface area contributed by atoms with Gasteiger partial charge in [0.2, 0.25) is 0 Å². The molecule has 158 valence electrons. The van der Waals surface area contributed by atoms with E-state index in [1.54, 1.807) is 0 Å². The highest BCUT2D eigenvalue weighted by Crippen LogP contribution is 2.31. The normalized spacial score (nSPS) is 29.0. The molecule has 0 atom stereocenters. The molecule has 6 heteroatoms. The van der Waals surface area contributed by atoms with Crippen LogP contribution in [0.2, 0.25) is 0 Å². The van der Waals surface area contributed by atoms with Crippen LogP contribution in [0.3, 0.4) is 0 Å². The lowest BCUT2D eigenvalue weighted by molar-refractivity contribution is -0.106. The van der Waals surface area contributed by atoms with Gasteiger partial charge in [-0.2, -0.15) is 0 Å². The van der Waals surface area contributed by atoms with E-state index in [9.17, 15) is 0 Å². The first-order chi connectivity index (χ1) is 13.8. The second kappa shape index (κ2) is 9.88. The zero-order chi connectivity index (χ0) is 19.1. The summed E-state index contributed by atoms with van der Waals surface area (Å²) in [5.41, 5.74) is 0.124. The lowest BCUT2D eigenvalue weighted by Crippen LogP contribution is -2.39. The minimum Gasteiger partial charge on any atom is -0.381 e. The summed E-state index contributed by atoms with van der Waals surface area (Å²) in [5, 5.41) is 0. The molecule has 0 aliphatic carbocycles. The molecule has 28 heavy (non-hydrogen) atoms. The first-order valence-corrected chi connectivity index (χ1v) is 11.1. The summed E-state index contributed by atoms with van der Waals surface area (Å²) >= 11 is 0. The average molecular weight is 393 g/mol. The first kappa shape index (κ1) is 20.6. The highest BCUT2D eigenvalue weighted by atomic mass is 16.5. The average Bonchev–Trinajstić information content (AvgIpc) is 3.04. The van der Waals surface area contributed by atoms with Gasteiger partial charge >= 0.3 is 0 Å². The molecule has 4 rings (SSSR count). The fourth-order valence-corrected chi connectivity index (χ4v) is 4.80. The summed E-state index contributed by atoms with van der Waals surface area (Å²) in [5.74, 6) is 6.81. The van der Waals surface area contributed by atoms with Gasteiger partial charge in [0, 0.05) is 52.6 Å². The largest absolute Gasteiger partial charge is 0.381 e. The lowest BCUT2D eigenvalue weighted by atomic mass is 9.90. The molecule has 2 spiro atoms. The molecule has 6 nitrogen and oxygen atoms in total. The molecule has 0 aromatic rings. The van der Waals surface area contributed by atoms with Crippen molar-refractivity contribution in [3.63, 3.8) is 0 Å². The van der Waals surface area contributed by atoms with Crippen LogP contribution >= 0.6 is 0 Å². The third kappa shape index (κ3) is 5.47. The molecule has 0 N–H and O–H groups in total. The molecule has 0 aromatic carbocycles. The van der Waals surface area contributed by atoms with Crippen molar-refractivity contribution in [3.05, 3.63) is 0 Å². The van der Waals surface area contributed by atoms with E-state index in [-0.39, 0.29) is 11.2 Å². The molecule has 0 saturated carbocycles. The number of ether oxygens (including phenoxy) is 4. The first-order valence-electron chi connectivity index (χ1n) is 11.1. The Balaban J connectivity index is 1.19. The summed E-state index contributed by atoms with van der Waals surface area (Å²) in [6, 6.07) is 0. The highest BCUT2D eigenvalue weighted by Gasteiger charge is 2.36. The fraction of sp³-hybridized carbons (Fsp3) is 0.909. The topological polar surface area (TPSA) is 43.4 Å². The van der Waals surface area contributed by atoms with Crippen molar-refractivity contribution in [1.82, 2.24) is 9.80 Å². The Morgan fingerprint density at radius 3 is 1.39 bits per heavy atom. The van der Waals surface area contributed by atoms with Crippen LogP contribution < -0.4 is 0 Å². The van der Waals surface area contributed by atoms with Gasteiger partial charge in [0.15, 0.2) is 0 Å². The number of rotatable bonds is 2. The predicted molar refractivity (Wildman–Crippen MR) is 107 cm³/mol. The Kier molecular flexibility index (Phi) is 7.27. The Labute approximate surface area is 169 Å². The van der Waals surface area contributed by atoms with E-state index in [2.05, 4.69) is 21.6 Å². The van der Waals surface area contributed by atoms with Crippen molar-refractivity contribution in [1.29, 1.82) is 0 Å². The van der Waals surface area contributed by atoms with Gasteiger partial charge in [-0.1, -0.05) is 11.8 Å². The molecule has 4 aliphatic heterocycles. The minimum atomic E-state index is 0.0621. The molecule has 4 saturated heterocycles. The maximum absolute atomic E-state index is 6.23. The zero-order valence-corrected chi connectivity index (χ0v) is 17.3. The molecule has 0 amide bonds. The van der Waals surface area contributed by atoms with E-state index in [1.807, 2.05) is 0 Å². The van der Waals surface area contributed by atoms with Gasteiger partial charge in [-0.3, -0.25) is 9.80 Å². The Morgan fingerprint density at radius 2 is 0.964 bits per heavy atom. The van der Waals surface area contributed by atoms with Gasteiger partial charge in [0.05, 0.1) is 37.5 Å². The SMILES string of the molecule is C(#CCN1CCOC2(CCOCC2)CC1)CN1CCOC2(CCOCC2)CC1. The van der Waals surface area contributed by atoms with Gasteiger partial charge < -0.3 is 18.9 Å². The minimum absolute atomic E-state index is 0.0621. The van der Waals surface area contributed by atoms with Crippen LogP contribution in [-0.2, 0) is 18.9 Å². The second-order valence-corrected chi connectivity index (χ2v) is 8.69. The van der Waals surface area contributed by atoms with Crippen LogP contribution in [0.15, 0.2) is 0 Å². The maximum Gasteiger partial charge on any atom is 0.0739 e. The summed E-state index contributed by atoms with van der Waals surface area (Å²) in [7, 11) is 0. The summed E-state index contributed by atoms with van der Waals surface area (Å²) < 4.78 is 23.5. The predicted octanol–water partition coefficient (Wildman–Crippen LogP) is 1.53. The van der Waals surface area contributed by atoms with Crippen molar-refractivity contribution >= 4 is 0 Å². The van der Waals surface area contributed by atoms with Crippen LogP contribution in [0.25, 0.3) is 0 Å². The smallest absolute Gasteiger partial charge is 0.0739 e. The van der Waals surface area contributed by atoms with Crippen LogP contribution in [0.1, 0.15) is 38.5 Å². The quantitative estimate of drug-likeness (QED) is 0.664. The summed E-state index contributed by atoms with van der Waals surface area (Å²) in [4.78, 5) is 4.89. The monoisotopic (exact) mass is 392 g/mol. The molecule has 0 radical (unpaired) electrons. The fourth-order valence-electron chi connectivity index (χ4n) is 4.80. The van der Waals surface area contributed by atoms with Crippen molar-refractivity contribution in [3.8, 4) is 11.8 Å².